The van der Waals surface area contributed by atoms with E-state index in [1.54, 1.807) is 11.3 Å². The SMILES string of the molecule is Cc1ccc(C(=O)Nc2cccc(-c3csc(-c4ccccc4)n3)c2)c(C)c1. The Balaban J connectivity index is 1.57. The molecule has 1 aromatic heterocycles. The van der Waals surface area contributed by atoms with E-state index in [9.17, 15) is 4.79 Å². The zero-order valence-electron chi connectivity index (χ0n) is 15.8. The molecule has 0 aliphatic heterocycles. The molecule has 0 saturated heterocycles. The Hall–Kier alpha value is -3.24. The van der Waals surface area contributed by atoms with Crippen LogP contribution in [0.3, 0.4) is 0 Å². The Morgan fingerprint density at radius 3 is 2.46 bits per heavy atom. The van der Waals surface area contributed by atoms with Crippen molar-refractivity contribution in [2.45, 2.75) is 13.8 Å². The second-order valence-corrected chi connectivity index (χ2v) is 7.62. The molecular weight excluding hydrogens is 364 g/mol. The second-order valence-electron chi connectivity index (χ2n) is 6.76. The van der Waals surface area contributed by atoms with Crippen molar-refractivity contribution in [1.82, 2.24) is 4.98 Å². The van der Waals surface area contributed by atoms with Crippen molar-refractivity contribution in [3.8, 4) is 21.8 Å². The van der Waals surface area contributed by atoms with Gasteiger partial charge in [-0.2, -0.15) is 0 Å². The van der Waals surface area contributed by atoms with Gasteiger partial charge in [-0.1, -0.05) is 60.2 Å². The molecule has 0 aliphatic carbocycles. The molecule has 0 atom stereocenters. The van der Waals surface area contributed by atoms with E-state index in [2.05, 4.69) is 17.4 Å². The normalized spacial score (nSPS) is 10.6. The Morgan fingerprint density at radius 2 is 1.68 bits per heavy atom. The quantitative estimate of drug-likeness (QED) is 0.446. The Morgan fingerprint density at radius 1 is 0.893 bits per heavy atom. The van der Waals surface area contributed by atoms with Gasteiger partial charge in [-0.25, -0.2) is 4.98 Å². The van der Waals surface area contributed by atoms with Crippen LogP contribution >= 0.6 is 11.3 Å². The van der Waals surface area contributed by atoms with Crippen LogP contribution in [0.25, 0.3) is 21.8 Å². The molecule has 3 nitrogen and oxygen atoms in total. The van der Waals surface area contributed by atoms with Crippen LogP contribution in [0.1, 0.15) is 21.5 Å². The average molecular weight is 385 g/mol. The molecule has 4 heteroatoms. The van der Waals surface area contributed by atoms with E-state index in [1.165, 1.54) is 0 Å². The van der Waals surface area contributed by atoms with Crippen molar-refractivity contribution in [2.75, 3.05) is 5.32 Å². The molecule has 1 N–H and O–H groups in total. The summed E-state index contributed by atoms with van der Waals surface area (Å²) in [5.74, 6) is -0.0992. The standard InChI is InChI=1S/C24H20N2OS/c1-16-11-12-21(17(2)13-16)23(27)25-20-10-6-9-19(14-20)22-15-28-24(26-22)18-7-4-3-5-8-18/h3-15H,1-2H3,(H,25,27). The average Bonchev–Trinajstić information content (AvgIpc) is 3.19. The van der Waals surface area contributed by atoms with Crippen LogP contribution in [0.2, 0.25) is 0 Å². The number of carbonyl (C=O) groups is 1. The molecule has 28 heavy (non-hydrogen) atoms. The van der Waals surface area contributed by atoms with Gasteiger partial charge in [0.25, 0.3) is 5.91 Å². The van der Waals surface area contributed by atoms with E-state index < -0.39 is 0 Å². The monoisotopic (exact) mass is 384 g/mol. The van der Waals surface area contributed by atoms with E-state index in [0.717, 1.165) is 38.6 Å². The van der Waals surface area contributed by atoms with Gasteiger partial charge in [-0.05, 0) is 37.6 Å². The largest absolute Gasteiger partial charge is 0.322 e. The minimum atomic E-state index is -0.0992. The zero-order valence-corrected chi connectivity index (χ0v) is 16.6. The summed E-state index contributed by atoms with van der Waals surface area (Å²) in [5, 5.41) is 6.04. The summed E-state index contributed by atoms with van der Waals surface area (Å²) in [5.41, 5.74) is 6.57. The van der Waals surface area contributed by atoms with Crippen LogP contribution in [0, 0.1) is 13.8 Å². The van der Waals surface area contributed by atoms with Crippen LogP contribution in [-0.2, 0) is 0 Å². The number of hydrogen-bond donors (Lipinski definition) is 1. The first-order valence-electron chi connectivity index (χ1n) is 9.10. The number of rotatable bonds is 4. The third kappa shape index (κ3) is 3.87. The summed E-state index contributed by atoms with van der Waals surface area (Å²) in [4.78, 5) is 17.4. The number of amides is 1. The number of hydrogen-bond acceptors (Lipinski definition) is 3. The highest BCUT2D eigenvalue weighted by Gasteiger charge is 2.11. The lowest BCUT2D eigenvalue weighted by atomic mass is 10.0. The van der Waals surface area contributed by atoms with Crippen molar-refractivity contribution >= 4 is 22.9 Å². The Labute approximate surface area is 168 Å². The summed E-state index contributed by atoms with van der Waals surface area (Å²) >= 11 is 1.62. The molecule has 1 heterocycles. The summed E-state index contributed by atoms with van der Waals surface area (Å²) in [6, 6.07) is 23.8. The van der Waals surface area contributed by atoms with Gasteiger partial charge in [-0.3, -0.25) is 4.79 Å². The van der Waals surface area contributed by atoms with Crippen molar-refractivity contribution in [3.05, 3.63) is 94.9 Å². The summed E-state index contributed by atoms with van der Waals surface area (Å²) in [6.07, 6.45) is 0. The molecule has 4 aromatic rings. The third-order valence-electron chi connectivity index (χ3n) is 4.57. The Kier molecular flexibility index (Phi) is 5.04. The van der Waals surface area contributed by atoms with Crippen LogP contribution < -0.4 is 5.32 Å². The molecule has 0 saturated carbocycles. The number of nitrogens with one attached hydrogen (secondary N) is 1. The molecule has 0 bridgehead atoms. The molecule has 0 spiro atoms. The summed E-state index contributed by atoms with van der Waals surface area (Å²) in [7, 11) is 0. The van der Waals surface area contributed by atoms with E-state index in [4.69, 9.17) is 4.98 Å². The summed E-state index contributed by atoms with van der Waals surface area (Å²) in [6.45, 7) is 3.98. The predicted octanol–water partition coefficient (Wildman–Crippen LogP) is 6.35. The highest BCUT2D eigenvalue weighted by atomic mass is 32.1. The number of benzene rings is 3. The highest BCUT2D eigenvalue weighted by Crippen LogP contribution is 2.30. The number of anilines is 1. The van der Waals surface area contributed by atoms with Crippen molar-refractivity contribution < 1.29 is 4.79 Å². The maximum atomic E-state index is 12.7. The van der Waals surface area contributed by atoms with Gasteiger partial charge >= 0.3 is 0 Å². The Bertz CT molecular complexity index is 1130. The second kappa shape index (κ2) is 7.79. The smallest absolute Gasteiger partial charge is 0.255 e. The van der Waals surface area contributed by atoms with E-state index in [1.807, 2.05) is 79.9 Å². The zero-order chi connectivity index (χ0) is 19.5. The number of aromatic nitrogens is 1. The molecule has 0 radical (unpaired) electrons. The minimum Gasteiger partial charge on any atom is -0.322 e. The van der Waals surface area contributed by atoms with E-state index in [-0.39, 0.29) is 5.91 Å². The number of aryl methyl sites for hydroxylation is 2. The van der Waals surface area contributed by atoms with Gasteiger partial charge < -0.3 is 5.32 Å². The molecule has 138 valence electrons. The van der Waals surface area contributed by atoms with Crippen molar-refractivity contribution in [3.63, 3.8) is 0 Å². The van der Waals surface area contributed by atoms with E-state index in [0.29, 0.717) is 5.56 Å². The lowest BCUT2D eigenvalue weighted by Gasteiger charge is -2.09. The van der Waals surface area contributed by atoms with Gasteiger partial charge in [0.15, 0.2) is 0 Å². The van der Waals surface area contributed by atoms with Gasteiger partial charge in [0.1, 0.15) is 5.01 Å². The topological polar surface area (TPSA) is 42.0 Å². The fourth-order valence-corrected chi connectivity index (χ4v) is 3.98. The molecule has 3 aromatic carbocycles. The van der Waals surface area contributed by atoms with Gasteiger partial charge in [0.2, 0.25) is 0 Å². The van der Waals surface area contributed by atoms with E-state index >= 15 is 0 Å². The van der Waals surface area contributed by atoms with Crippen molar-refractivity contribution in [1.29, 1.82) is 0 Å². The first kappa shape index (κ1) is 18.1. The predicted molar refractivity (Wildman–Crippen MR) is 117 cm³/mol. The maximum Gasteiger partial charge on any atom is 0.255 e. The molecule has 0 unspecified atom stereocenters. The molecule has 1 amide bonds. The van der Waals surface area contributed by atoms with Gasteiger partial charge in [0.05, 0.1) is 5.69 Å². The van der Waals surface area contributed by atoms with Crippen LogP contribution in [0.4, 0.5) is 5.69 Å². The van der Waals surface area contributed by atoms with Gasteiger partial charge in [0, 0.05) is 27.8 Å². The fraction of sp³-hybridized carbons (Fsp3) is 0.0833. The number of thiazole rings is 1. The van der Waals surface area contributed by atoms with Crippen LogP contribution in [0.5, 0.6) is 0 Å². The van der Waals surface area contributed by atoms with Crippen molar-refractivity contribution in [2.24, 2.45) is 0 Å². The lowest BCUT2D eigenvalue weighted by Crippen LogP contribution is -2.13. The minimum absolute atomic E-state index is 0.0992. The summed E-state index contributed by atoms with van der Waals surface area (Å²) < 4.78 is 0. The first-order chi connectivity index (χ1) is 13.6. The first-order valence-corrected chi connectivity index (χ1v) is 9.98. The molecule has 0 aliphatic rings. The van der Waals surface area contributed by atoms with Crippen LogP contribution in [0.15, 0.2) is 78.2 Å². The molecule has 4 rings (SSSR count). The van der Waals surface area contributed by atoms with Crippen LogP contribution in [-0.4, -0.2) is 10.9 Å². The highest BCUT2D eigenvalue weighted by molar-refractivity contribution is 7.13. The number of carbonyl (C=O) groups excluding carboxylic acids is 1. The third-order valence-corrected chi connectivity index (χ3v) is 5.46. The van der Waals surface area contributed by atoms with Gasteiger partial charge in [-0.15, -0.1) is 11.3 Å². The molecular formula is C24H20N2OS. The molecule has 0 fully saturated rings. The lowest BCUT2D eigenvalue weighted by molar-refractivity contribution is 0.102. The maximum absolute atomic E-state index is 12.7. The fourth-order valence-electron chi connectivity index (χ4n) is 3.14. The number of nitrogens with zero attached hydrogens (tertiary/aromatic N) is 1.